The van der Waals surface area contributed by atoms with Crippen molar-refractivity contribution in [3.8, 4) is 0 Å². The van der Waals surface area contributed by atoms with Crippen molar-refractivity contribution in [3.05, 3.63) is 22.7 Å². The van der Waals surface area contributed by atoms with Crippen molar-refractivity contribution in [3.63, 3.8) is 0 Å². The molecule has 0 bridgehead atoms. The second-order valence-electron chi connectivity index (χ2n) is 1.17. The predicted octanol–water partition coefficient (Wildman–Crippen LogP) is 1.29. The molecule has 0 aromatic rings. The van der Waals surface area contributed by atoms with Gasteiger partial charge in [-0.2, -0.15) is 0 Å². The largest absolute Gasteiger partial charge is 0.501 e. The summed E-state index contributed by atoms with van der Waals surface area (Å²) in [4.78, 5) is 0. The SMILES string of the molecule is N=S1C=CC=C1O. The fraction of sp³-hybridized carbons (Fsp3) is 0. The Balaban J connectivity index is 2.89. The Labute approximate surface area is 44.1 Å². The number of rotatable bonds is 0. The average molecular weight is 115 g/mol. The number of nitrogens with one attached hydrogen (secondary N) is 1. The molecule has 1 unspecified atom stereocenters. The van der Waals surface area contributed by atoms with Crippen LogP contribution in [0.4, 0.5) is 0 Å². The van der Waals surface area contributed by atoms with Crippen molar-refractivity contribution in [1.82, 2.24) is 0 Å². The van der Waals surface area contributed by atoms with Gasteiger partial charge in [-0.1, -0.05) is 6.08 Å². The normalized spacial score (nSPS) is 28.0. The van der Waals surface area contributed by atoms with Crippen LogP contribution < -0.4 is 0 Å². The Kier molecular flexibility index (Phi) is 0.982. The molecule has 0 aromatic carbocycles. The molecule has 1 aliphatic heterocycles. The van der Waals surface area contributed by atoms with E-state index in [1.54, 1.807) is 11.5 Å². The molecule has 0 radical (unpaired) electrons. The van der Waals surface area contributed by atoms with Gasteiger partial charge in [-0.3, -0.25) is 4.78 Å². The van der Waals surface area contributed by atoms with E-state index in [1.165, 1.54) is 6.08 Å². The van der Waals surface area contributed by atoms with Crippen molar-refractivity contribution in [1.29, 1.82) is 4.78 Å². The zero-order valence-corrected chi connectivity index (χ0v) is 4.40. The zero-order chi connectivity index (χ0) is 5.28. The van der Waals surface area contributed by atoms with Gasteiger partial charge in [0, 0.05) is 0 Å². The molecule has 0 spiro atoms. The van der Waals surface area contributed by atoms with Gasteiger partial charge in [0.05, 0.1) is 0 Å². The molecule has 0 saturated carbocycles. The molecule has 1 rings (SSSR count). The van der Waals surface area contributed by atoms with Crippen LogP contribution in [0.1, 0.15) is 0 Å². The van der Waals surface area contributed by atoms with Gasteiger partial charge in [0.15, 0.2) is 5.09 Å². The Morgan fingerprint density at radius 2 is 2.43 bits per heavy atom. The van der Waals surface area contributed by atoms with Gasteiger partial charge in [0.2, 0.25) is 0 Å². The van der Waals surface area contributed by atoms with Crippen LogP contribution in [-0.4, -0.2) is 5.11 Å². The molecule has 1 heterocycles. The molecule has 0 saturated heterocycles. The molecule has 0 aliphatic carbocycles. The lowest BCUT2D eigenvalue weighted by atomic mass is 10.6. The Hall–Kier alpha value is -0.570. The van der Waals surface area contributed by atoms with Crippen molar-refractivity contribution in [2.75, 3.05) is 0 Å². The van der Waals surface area contributed by atoms with E-state index in [-0.39, 0.29) is 5.09 Å². The maximum absolute atomic E-state index is 8.62. The summed E-state index contributed by atoms with van der Waals surface area (Å²) in [6.07, 6.45) is 3.22. The molecule has 2 N–H and O–H groups in total. The molecule has 1 aliphatic rings. The number of hydrogen-bond donors (Lipinski definition) is 2. The number of hydrogen-bond acceptors (Lipinski definition) is 2. The third-order valence-electron chi connectivity index (χ3n) is 0.679. The number of aliphatic hydroxyl groups excluding tert-OH is 1. The third-order valence-corrected chi connectivity index (χ3v) is 1.69. The van der Waals surface area contributed by atoms with Crippen LogP contribution in [0.25, 0.3) is 0 Å². The van der Waals surface area contributed by atoms with Gasteiger partial charge in [0.25, 0.3) is 0 Å². The second-order valence-corrected chi connectivity index (χ2v) is 2.54. The van der Waals surface area contributed by atoms with Crippen LogP contribution >= 0.6 is 0 Å². The topological polar surface area (TPSA) is 44.1 Å². The van der Waals surface area contributed by atoms with Gasteiger partial charge in [0.1, 0.15) is 0 Å². The van der Waals surface area contributed by atoms with Crippen LogP contribution in [-0.2, 0) is 10.7 Å². The van der Waals surface area contributed by atoms with E-state index in [0.29, 0.717) is 0 Å². The maximum atomic E-state index is 8.62. The summed E-state index contributed by atoms with van der Waals surface area (Å²) >= 11 is 0. The van der Waals surface area contributed by atoms with Crippen LogP contribution in [0, 0.1) is 4.78 Å². The van der Waals surface area contributed by atoms with E-state index in [1.807, 2.05) is 0 Å². The smallest absolute Gasteiger partial charge is 0.164 e. The summed E-state index contributed by atoms with van der Waals surface area (Å²) in [5.74, 6) is 0. The van der Waals surface area contributed by atoms with Crippen molar-refractivity contribution in [2.24, 2.45) is 0 Å². The lowest BCUT2D eigenvalue weighted by molar-refractivity contribution is 0.456. The fourth-order valence-electron chi connectivity index (χ4n) is 0.343. The Morgan fingerprint density at radius 1 is 1.71 bits per heavy atom. The maximum Gasteiger partial charge on any atom is 0.164 e. The summed E-state index contributed by atoms with van der Waals surface area (Å²) in [5.41, 5.74) is 0. The summed E-state index contributed by atoms with van der Waals surface area (Å²) in [6, 6.07) is 0. The quantitative estimate of drug-likeness (QED) is 0.491. The minimum atomic E-state index is -0.731. The standard InChI is InChI=1S/C4H5NOS/c5-7-3-1-2-4(7)6/h1-3,5-6H. The van der Waals surface area contributed by atoms with Gasteiger partial charge in [-0.25, -0.2) is 0 Å². The zero-order valence-electron chi connectivity index (χ0n) is 3.59. The minimum absolute atomic E-state index is 0.167. The van der Waals surface area contributed by atoms with E-state index >= 15 is 0 Å². The number of allylic oxidation sites excluding steroid dienone is 2. The number of aliphatic hydroxyl groups is 1. The van der Waals surface area contributed by atoms with E-state index in [4.69, 9.17) is 9.89 Å². The van der Waals surface area contributed by atoms with Crippen molar-refractivity contribution < 1.29 is 5.11 Å². The van der Waals surface area contributed by atoms with E-state index in [2.05, 4.69) is 0 Å². The first-order valence-electron chi connectivity index (χ1n) is 1.82. The third kappa shape index (κ3) is 0.718. The van der Waals surface area contributed by atoms with Crippen LogP contribution in [0.3, 0.4) is 0 Å². The van der Waals surface area contributed by atoms with E-state index in [9.17, 15) is 0 Å². The van der Waals surface area contributed by atoms with Crippen molar-refractivity contribution in [2.45, 2.75) is 0 Å². The summed E-state index contributed by atoms with van der Waals surface area (Å²) in [6.45, 7) is 0. The minimum Gasteiger partial charge on any atom is -0.501 e. The lowest BCUT2D eigenvalue weighted by Gasteiger charge is -1.86. The first kappa shape index (κ1) is 4.59. The predicted molar refractivity (Wildman–Crippen MR) is 29.9 cm³/mol. The van der Waals surface area contributed by atoms with Crippen molar-refractivity contribution >= 4 is 10.7 Å². The monoisotopic (exact) mass is 115 g/mol. The Bertz CT molecular complexity index is 159. The van der Waals surface area contributed by atoms with E-state index < -0.39 is 10.7 Å². The molecule has 38 valence electrons. The Morgan fingerprint density at radius 3 is 2.57 bits per heavy atom. The summed E-state index contributed by atoms with van der Waals surface area (Å²) in [5, 5.41) is 10.4. The first-order chi connectivity index (χ1) is 3.30. The lowest BCUT2D eigenvalue weighted by Crippen LogP contribution is -1.78. The van der Waals surface area contributed by atoms with Crippen LogP contribution in [0.2, 0.25) is 0 Å². The highest BCUT2D eigenvalue weighted by Crippen LogP contribution is 2.06. The van der Waals surface area contributed by atoms with Gasteiger partial charge in [-0.05, 0) is 22.2 Å². The summed E-state index contributed by atoms with van der Waals surface area (Å²) < 4.78 is 6.96. The average Bonchev–Trinajstić information content (AvgIpc) is 1.91. The molecule has 1 atom stereocenters. The summed E-state index contributed by atoms with van der Waals surface area (Å²) in [7, 11) is -0.731. The first-order valence-corrected chi connectivity index (χ1v) is 3.11. The van der Waals surface area contributed by atoms with Crippen LogP contribution in [0.15, 0.2) is 22.7 Å². The molecule has 0 aromatic heterocycles. The molecule has 0 amide bonds. The molecule has 3 heteroatoms. The molecule has 7 heavy (non-hydrogen) atoms. The van der Waals surface area contributed by atoms with Gasteiger partial charge >= 0.3 is 0 Å². The highest BCUT2D eigenvalue weighted by Gasteiger charge is 1.97. The highest BCUT2D eigenvalue weighted by atomic mass is 32.2. The molecule has 0 fully saturated rings. The highest BCUT2D eigenvalue weighted by molar-refractivity contribution is 7.92. The van der Waals surface area contributed by atoms with E-state index in [0.717, 1.165) is 0 Å². The molecular weight excluding hydrogens is 110 g/mol. The molecule has 2 nitrogen and oxygen atoms in total. The van der Waals surface area contributed by atoms with Crippen LogP contribution in [0.5, 0.6) is 0 Å². The molecular formula is C4H5NOS. The fourth-order valence-corrected chi connectivity index (χ4v) is 0.943. The van der Waals surface area contributed by atoms with Gasteiger partial charge in [-0.15, -0.1) is 0 Å². The van der Waals surface area contributed by atoms with Gasteiger partial charge < -0.3 is 5.11 Å². The second kappa shape index (κ2) is 1.50.